The van der Waals surface area contributed by atoms with Crippen LogP contribution in [0.15, 0.2) is 10.7 Å². The molecule has 0 saturated heterocycles. The number of nitrogens with zero attached hydrogens (tertiary/aromatic N) is 1. The first-order valence-corrected chi connectivity index (χ1v) is 5.06. The number of alkyl halides is 2. The Morgan fingerprint density at radius 2 is 2.31 bits per heavy atom. The molecule has 0 unspecified atom stereocenters. The van der Waals surface area contributed by atoms with Crippen LogP contribution in [0.1, 0.15) is 28.0 Å². The second kappa shape index (κ2) is 5.31. The molecule has 0 aliphatic heterocycles. The van der Waals surface area contributed by atoms with Gasteiger partial charge in [0.1, 0.15) is 10.2 Å². The van der Waals surface area contributed by atoms with Gasteiger partial charge in [0, 0.05) is 12.1 Å². The van der Waals surface area contributed by atoms with Gasteiger partial charge in [-0.25, -0.2) is 18.6 Å². The third-order valence-corrected chi connectivity index (χ3v) is 2.47. The Hall–Kier alpha value is -1.08. The normalized spacial score (nSPS) is 10.6. The summed E-state index contributed by atoms with van der Waals surface area (Å²) in [5, 5.41) is 0. The van der Waals surface area contributed by atoms with E-state index < -0.39 is 18.0 Å². The molecule has 0 atom stereocenters. The molecule has 0 aromatic carbocycles. The van der Waals surface area contributed by atoms with Crippen LogP contribution >= 0.6 is 15.9 Å². The van der Waals surface area contributed by atoms with Gasteiger partial charge < -0.3 is 10.5 Å². The first kappa shape index (κ1) is 13.0. The number of hydrogen-bond donors (Lipinski definition) is 1. The third kappa shape index (κ3) is 2.53. The Morgan fingerprint density at radius 1 is 1.69 bits per heavy atom. The number of aromatic nitrogens is 1. The lowest BCUT2D eigenvalue weighted by atomic mass is 10.1. The van der Waals surface area contributed by atoms with Gasteiger partial charge in [-0.3, -0.25) is 0 Å². The van der Waals surface area contributed by atoms with Crippen LogP contribution in [-0.4, -0.2) is 18.1 Å². The molecule has 88 valence electrons. The predicted molar refractivity (Wildman–Crippen MR) is 56.1 cm³/mol. The molecule has 1 aromatic rings. The number of carbonyl (C=O) groups excluding carboxylic acids is 1. The minimum atomic E-state index is -2.79. The van der Waals surface area contributed by atoms with Gasteiger partial charge >= 0.3 is 5.97 Å². The molecular formula is C9H9BrF2N2O2. The van der Waals surface area contributed by atoms with Gasteiger partial charge in [-0.05, 0) is 22.0 Å². The highest BCUT2D eigenvalue weighted by Gasteiger charge is 2.23. The number of pyridine rings is 1. The molecule has 4 nitrogen and oxygen atoms in total. The summed E-state index contributed by atoms with van der Waals surface area (Å²) < 4.78 is 29.9. The van der Waals surface area contributed by atoms with Crippen LogP contribution in [0.4, 0.5) is 8.78 Å². The summed E-state index contributed by atoms with van der Waals surface area (Å²) in [7, 11) is 1.11. The molecule has 0 fully saturated rings. The molecule has 0 aliphatic carbocycles. The van der Waals surface area contributed by atoms with E-state index in [-0.39, 0.29) is 22.4 Å². The smallest absolute Gasteiger partial charge is 0.341 e. The molecule has 0 radical (unpaired) electrons. The summed E-state index contributed by atoms with van der Waals surface area (Å²) in [6, 6.07) is 1.10. The summed E-state index contributed by atoms with van der Waals surface area (Å²) in [5.74, 6) is -0.863. The number of ether oxygens (including phenoxy) is 1. The van der Waals surface area contributed by atoms with Crippen molar-refractivity contribution in [3.05, 3.63) is 27.5 Å². The average molecular weight is 295 g/mol. The Labute approximate surface area is 98.9 Å². The van der Waals surface area contributed by atoms with Crippen LogP contribution in [0.2, 0.25) is 0 Å². The SMILES string of the molecule is COC(=O)c1c(C(F)F)cc(CN)nc1Br. The highest BCUT2D eigenvalue weighted by molar-refractivity contribution is 9.10. The number of methoxy groups -OCH3 is 1. The standard InChI is InChI=1S/C9H9BrF2N2O2/c1-16-9(15)6-5(8(11)12)2-4(3-13)14-7(6)10/h2,8H,3,13H2,1H3. The van der Waals surface area contributed by atoms with E-state index in [9.17, 15) is 13.6 Å². The van der Waals surface area contributed by atoms with Gasteiger partial charge in [0.15, 0.2) is 0 Å². The Bertz CT molecular complexity index is 413. The molecular weight excluding hydrogens is 286 g/mol. The van der Waals surface area contributed by atoms with Gasteiger partial charge in [-0.15, -0.1) is 0 Å². The first-order chi connectivity index (χ1) is 7.51. The predicted octanol–water partition coefficient (Wildman–Crippen LogP) is 2.03. The molecule has 16 heavy (non-hydrogen) atoms. The fraction of sp³-hybridized carbons (Fsp3) is 0.333. The highest BCUT2D eigenvalue weighted by Crippen LogP contribution is 2.28. The van der Waals surface area contributed by atoms with Crippen LogP contribution in [0.5, 0.6) is 0 Å². The maximum absolute atomic E-state index is 12.7. The van der Waals surface area contributed by atoms with E-state index in [1.165, 1.54) is 0 Å². The molecule has 0 spiro atoms. The minimum Gasteiger partial charge on any atom is -0.465 e. The van der Waals surface area contributed by atoms with Gasteiger partial charge in [0.05, 0.1) is 12.8 Å². The van der Waals surface area contributed by atoms with E-state index in [2.05, 4.69) is 25.7 Å². The maximum atomic E-state index is 12.7. The van der Waals surface area contributed by atoms with E-state index in [0.717, 1.165) is 13.2 Å². The summed E-state index contributed by atoms with van der Waals surface area (Å²) in [6.45, 7) is 0.0137. The van der Waals surface area contributed by atoms with E-state index in [1.807, 2.05) is 0 Å². The van der Waals surface area contributed by atoms with Crippen LogP contribution in [0, 0.1) is 0 Å². The average Bonchev–Trinajstić information content (AvgIpc) is 2.26. The number of hydrogen-bond acceptors (Lipinski definition) is 4. The molecule has 7 heteroatoms. The maximum Gasteiger partial charge on any atom is 0.341 e. The lowest BCUT2D eigenvalue weighted by molar-refractivity contribution is 0.0587. The van der Waals surface area contributed by atoms with E-state index in [1.54, 1.807) is 0 Å². The molecule has 0 bridgehead atoms. The van der Waals surface area contributed by atoms with Crippen LogP contribution in [0.3, 0.4) is 0 Å². The Balaban J connectivity index is 3.39. The van der Waals surface area contributed by atoms with Crippen molar-refractivity contribution in [2.24, 2.45) is 5.73 Å². The van der Waals surface area contributed by atoms with Crippen molar-refractivity contribution in [3.8, 4) is 0 Å². The largest absolute Gasteiger partial charge is 0.465 e. The van der Waals surface area contributed by atoms with Crippen molar-refractivity contribution >= 4 is 21.9 Å². The van der Waals surface area contributed by atoms with Crippen LogP contribution in [0.25, 0.3) is 0 Å². The van der Waals surface area contributed by atoms with Crippen LogP contribution in [-0.2, 0) is 11.3 Å². The lowest BCUT2D eigenvalue weighted by Gasteiger charge is -2.10. The number of esters is 1. The number of nitrogens with two attached hydrogens (primary N) is 1. The molecule has 1 aromatic heterocycles. The van der Waals surface area contributed by atoms with Crippen molar-refractivity contribution < 1.29 is 18.3 Å². The van der Waals surface area contributed by atoms with E-state index in [0.29, 0.717) is 0 Å². The molecule has 1 rings (SSSR count). The molecule has 0 saturated carbocycles. The zero-order valence-electron chi connectivity index (χ0n) is 8.34. The number of rotatable bonds is 3. The molecule has 1 heterocycles. The zero-order chi connectivity index (χ0) is 12.3. The van der Waals surface area contributed by atoms with Gasteiger partial charge in [-0.2, -0.15) is 0 Å². The van der Waals surface area contributed by atoms with Gasteiger partial charge in [-0.1, -0.05) is 0 Å². The van der Waals surface area contributed by atoms with Gasteiger partial charge in [0.25, 0.3) is 6.43 Å². The number of halogens is 3. The summed E-state index contributed by atoms with van der Waals surface area (Å²) >= 11 is 2.95. The molecule has 2 N–H and O–H groups in total. The Morgan fingerprint density at radius 3 is 2.75 bits per heavy atom. The second-order valence-corrected chi connectivity index (χ2v) is 3.62. The third-order valence-electron chi connectivity index (χ3n) is 1.89. The Kier molecular flexibility index (Phi) is 4.31. The van der Waals surface area contributed by atoms with Gasteiger partial charge in [0.2, 0.25) is 0 Å². The van der Waals surface area contributed by atoms with E-state index >= 15 is 0 Å². The number of carbonyl (C=O) groups is 1. The summed E-state index contributed by atoms with van der Waals surface area (Å²) in [6.07, 6.45) is -2.79. The fourth-order valence-corrected chi connectivity index (χ4v) is 1.78. The van der Waals surface area contributed by atoms with Crippen molar-refractivity contribution in [1.82, 2.24) is 4.98 Å². The van der Waals surface area contributed by atoms with Crippen molar-refractivity contribution in [3.63, 3.8) is 0 Å². The van der Waals surface area contributed by atoms with Crippen LogP contribution < -0.4 is 5.73 Å². The molecule has 0 aliphatic rings. The lowest BCUT2D eigenvalue weighted by Crippen LogP contribution is -2.11. The van der Waals surface area contributed by atoms with Crippen molar-refractivity contribution in [1.29, 1.82) is 0 Å². The zero-order valence-corrected chi connectivity index (χ0v) is 9.92. The van der Waals surface area contributed by atoms with Crippen molar-refractivity contribution in [2.45, 2.75) is 13.0 Å². The topological polar surface area (TPSA) is 65.2 Å². The summed E-state index contributed by atoms with van der Waals surface area (Å²) in [4.78, 5) is 15.2. The minimum absolute atomic E-state index is 0.0117. The summed E-state index contributed by atoms with van der Waals surface area (Å²) in [5.41, 5.74) is 4.87. The first-order valence-electron chi connectivity index (χ1n) is 4.27. The molecule has 0 amide bonds. The fourth-order valence-electron chi connectivity index (χ4n) is 1.17. The second-order valence-electron chi connectivity index (χ2n) is 2.87. The quantitative estimate of drug-likeness (QED) is 0.684. The van der Waals surface area contributed by atoms with Crippen molar-refractivity contribution in [2.75, 3.05) is 7.11 Å². The highest BCUT2D eigenvalue weighted by atomic mass is 79.9. The monoisotopic (exact) mass is 294 g/mol. The van der Waals surface area contributed by atoms with E-state index in [4.69, 9.17) is 5.73 Å².